The van der Waals surface area contributed by atoms with Gasteiger partial charge in [0, 0.05) is 16.8 Å². The number of nitrogens with zero attached hydrogens (tertiary/aromatic N) is 2. The molecule has 8 heteroatoms. The van der Waals surface area contributed by atoms with Crippen molar-refractivity contribution in [3.63, 3.8) is 0 Å². The van der Waals surface area contributed by atoms with Crippen molar-refractivity contribution in [3.8, 4) is 0 Å². The van der Waals surface area contributed by atoms with E-state index in [4.69, 9.17) is 0 Å². The van der Waals surface area contributed by atoms with Crippen molar-refractivity contribution in [2.45, 2.75) is 38.6 Å². The van der Waals surface area contributed by atoms with Crippen LogP contribution in [0.1, 0.15) is 32.9 Å². The highest BCUT2D eigenvalue weighted by Gasteiger charge is 2.31. The normalized spacial score (nSPS) is 21.2. The third-order valence-electron chi connectivity index (χ3n) is 3.74. The number of hydrogen-bond donors (Lipinski definition) is 1. The van der Waals surface area contributed by atoms with Crippen LogP contribution in [-0.4, -0.2) is 55.3 Å². The number of carbonyl (C=O) groups excluding carboxylic acids is 1. The van der Waals surface area contributed by atoms with E-state index in [0.717, 1.165) is 5.69 Å². The van der Waals surface area contributed by atoms with Crippen LogP contribution in [0.5, 0.6) is 0 Å². The summed E-state index contributed by atoms with van der Waals surface area (Å²) in [5, 5.41) is 5.32. The molecule has 2 rings (SSSR count). The zero-order chi connectivity index (χ0) is 16.5. The number of likely N-dealkylation sites (N-methyl/N-ethyl adjacent to an activating group) is 1. The summed E-state index contributed by atoms with van der Waals surface area (Å²) in [6, 6.07) is -0.0721. The average Bonchev–Trinajstić information content (AvgIpc) is 2.94. The van der Waals surface area contributed by atoms with Crippen molar-refractivity contribution in [1.29, 1.82) is 0 Å². The van der Waals surface area contributed by atoms with Gasteiger partial charge in [0.1, 0.15) is 0 Å². The van der Waals surface area contributed by atoms with E-state index in [1.165, 1.54) is 11.3 Å². The Balaban J connectivity index is 1.89. The molecule has 0 spiro atoms. The zero-order valence-corrected chi connectivity index (χ0v) is 15.1. The second-order valence-electron chi connectivity index (χ2n) is 6.81. The molecular formula is C14H23N3O3S2. The van der Waals surface area contributed by atoms with Crippen molar-refractivity contribution in [2.75, 3.05) is 30.4 Å². The predicted octanol–water partition coefficient (Wildman–Crippen LogP) is 1.50. The number of carbonyl (C=O) groups is 1. The number of nitrogens with one attached hydrogen (secondary N) is 1. The maximum absolute atomic E-state index is 12.1. The minimum atomic E-state index is -2.93. The number of anilines is 1. The summed E-state index contributed by atoms with van der Waals surface area (Å²) in [6.45, 7) is 6.39. The fourth-order valence-electron chi connectivity index (χ4n) is 2.31. The van der Waals surface area contributed by atoms with E-state index in [0.29, 0.717) is 11.6 Å². The minimum Gasteiger partial charge on any atom is -0.301 e. The van der Waals surface area contributed by atoms with Gasteiger partial charge in [0.15, 0.2) is 15.0 Å². The molecule has 0 saturated carbocycles. The fourth-order valence-corrected chi connectivity index (χ4v) is 5.07. The first-order chi connectivity index (χ1) is 10.1. The lowest BCUT2D eigenvalue weighted by atomic mass is 9.93. The molecule has 1 aromatic rings. The van der Waals surface area contributed by atoms with Crippen LogP contribution in [0.25, 0.3) is 0 Å². The zero-order valence-electron chi connectivity index (χ0n) is 13.4. The molecule has 0 aromatic carbocycles. The number of hydrogen-bond acceptors (Lipinski definition) is 6. The van der Waals surface area contributed by atoms with Gasteiger partial charge in [-0.3, -0.25) is 9.69 Å². The number of rotatable bonds is 4. The van der Waals surface area contributed by atoms with Crippen molar-refractivity contribution < 1.29 is 13.2 Å². The molecule has 1 amide bonds. The van der Waals surface area contributed by atoms with Crippen LogP contribution in [0, 0.1) is 0 Å². The van der Waals surface area contributed by atoms with Crippen molar-refractivity contribution in [2.24, 2.45) is 0 Å². The van der Waals surface area contributed by atoms with Gasteiger partial charge in [0.05, 0.1) is 23.7 Å². The minimum absolute atomic E-state index is 0.0471. The Hall–Kier alpha value is -0.990. The van der Waals surface area contributed by atoms with Gasteiger partial charge in [-0.05, 0) is 13.5 Å². The second-order valence-corrected chi connectivity index (χ2v) is 9.89. The third-order valence-corrected chi connectivity index (χ3v) is 6.25. The lowest BCUT2D eigenvalue weighted by Crippen LogP contribution is -2.38. The maximum atomic E-state index is 12.1. The summed E-state index contributed by atoms with van der Waals surface area (Å²) in [4.78, 5) is 18.3. The Labute approximate surface area is 135 Å². The van der Waals surface area contributed by atoms with Crippen molar-refractivity contribution >= 4 is 32.2 Å². The highest BCUT2D eigenvalue weighted by Crippen LogP contribution is 2.26. The molecule has 0 bridgehead atoms. The summed E-state index contributed by atoms with van der Waals surface area (Å²) in [6.07, 6.45) is 0.595. The summed E-state index contributed by atoms with van der Waals surface area (Å²) in [7, 11) is -1.15. The molecule has 1 atom stereocenters. The van der Waals surface area contributed by atoms with Gasteiger partial charge in [0.25, 0.3) is 0 Å². The Morgan fingerprint density at radius 3 is 2.68 bits per heavy atom. The van der Waals surface area contributed by atoms with Gasteiger partial charge in [-0.2, -0.15) is 0 Å². The second kappa shape index (κ2) is 6.25. The van der Waals surface area contributed by atoms with Crippen LogP contribution in [-0.2, 0) is 20.0 Å². The molecular weight excluding hydrogens is 322 g/mol. The Morgan fingerprint density at radius 1 is 1.50 bits per heavy atom. The van der Waals surface area contributed by atoms with Crippen molar-refractivity contribution in [1.82, 2.24) is 9.88 Å². The largest absolute Gasteiger partial charge is 0.301 e. The summed E-state index contributed by atoms with van der Waals surface area (Å²) in [5.41, 5.74) is 0.900. The number of aromatic nitrogens is 1. The van der Waals surface area contributed by atoms with Gasteiger partial charge in [-0.15, -0.1) is 11.3 Å². The van der Waals surface area contributed by atoms with Gasteiger partial charge in [0.2, 0.25) is 5.91 Å². The Kier molecular flexibility index (Phi) is 4.93. The Bertz CT molecular complexity index is 647. The van der Waals surface area contributed by atoms with E-state index in [-0.39, 0.29) is 35.4 Å². The van der Waals surface area contributed by atoms with Crippen LogP contribution in [0.2, 0.25) is 0 Å². The van der Waals surface area contributed by atoms with E-state index >= 15 is 0 Å². The molecule has 0 radical (unpaired) electrons. The molecule has 1 fully saturated rings. The molecule has 1 saturated heterocycles. The summed E-state index contributed by atoms with van der Waals surface area (Å²) in [5.74, 6) is 0.189. The highest BCUT2D eigenvalue weighted by molar-refractivity contribution is 7.91. The van der Waals surface area contributed by atoms with Gasteiger partial charge in [-0.25, -0.2) is 13.4 Å². The molecule has 1 aliphatic rings. The van der Waals surface area contributed by atoms with Crippen LogP contribution in [0.4, 0.5) is 5.13 Å². The van der Waals surface area contributed by atoms with Crippen LogP contribution < -0.4 is 5.32 Å². The molecule has 22 heavy (non-hydrogen) atoms. The first-order valence-electron chi connectivity index (χ1n) is 7.23. The molecule has 124 valence electrons. The first-order valence-corrected chi connectivity index (χ1v) is 9.93. The number of amides is 1. The first kappa shape index (κ1) is 17.4. The smallest absolute Gasteiger partial charge is 0.240 e. The molecule has 0 aliphatic carbocycles. The van der Waals surface area contributed by atoms with Gasteiger partial charge >= 0.3 is 0 Å². The SMILES string of the molecule is CN(CC(=O)Nc1nc(C(C)(C)C)cs1)C1CCS(=O)(=O)C1. The fraction of sp³-hybridized carbons (Fsp3) is 0.714. The van der Waals surface area contributed by atoms with E-state index in [1.807, 2.05) is 5.38 Å². The van der Waals surface area contributed by atoms with Crippen LogP contribution in [0.3, 0.4) is 0 Å². The molecule has 1 N–H and O–H groups in total. The third kappa shape index (κ3) is 4.50. The van der Waals surface area contributed by atoms with Crippen LogP contribution >= 0.6 is 11.3 Å². The number of thiazole rings is 1. The quantitative estimate of drug-likeness (QED) is 0.894. The number of sulfone groups is 1. The average molecular weight is 345 g/mol. The summed E-state index contributed by atoms with van der Waals surface area (Å²) < 4.78 is 23.0. The van der Waals surface area contributed by atoms with Crippen molar-refractivity contribution in [3.05, 3.63) is 11.1 Å². The van der Waals surface area contributed by atoms with Crippen LogP contribution in [0.15, 0.2) is 5.38 Å². The lowest BCUT2D eigenvalue weighted by molar-refractivity contribution is -0.117. The monoisotopic (exact) mass is 345 g/mol. The van der Waals surface area contributed by atoms with E-state index < -0.39 is 9.84 Å². The molecule has 1 unspecified atom stereocenters. The Morgan fingerprint density at radius 2 is 2.18 bits per heavy atom. The molecule has 1 aromatic heterocycles. The van der Waals surface area contributed by atoms with E-state index in [9.17, 15) is 13.2 Å². The van der Waals surface area contributed by atoms with Gasteiger partial charge < -0.3 is 5.32 Å². The molecule has 1 aliphatic heterocycles. The highest BCUT2D eigenvalue weighted by atomic mass is 32.2. The summed E-state index contributed by atoms with van der Waals surface area (Å²) >= 11 is 1.41. The van der Waals surface area contributed by atoms with Gasteiger partial charge in [-0.1, -0.05) is 20.8 Å². The maximum Gasteiger partial charge on any atom is 0.240 e. The molecule has 6 nitrogen and oxygen atoms in total. The topological polar surface area (TPSA) is 79.4 Å². The molecule has 2 heterocycles. The van der Waals surface area contributed by atoms with E-state index in [2.05, 4.69) is 31.1 Å². The van der Waals surface area contributed by atoms with E-state index in [1.54, 1.807) is 11.9 Å². The predicted molar refractivity (Wildman–Crippen MR) is 89.1 cm³/mol. The standard InChI is InChI=1S/C14H23N3O3S2/c1-14(2,3)11-8-21-13(15-11)16-12(18)7-17(4)10-5-6-22(19,20)9-10/h8,10H,5-7,9H2,1-4H3,(H,15,16,18). The lowest BCUT2D eigenvalue weighted by Gasteiger charge is -2.21.